The van der Waals surface area contributed by atoms with E-state index in [1.807, 2.05) is 30.3 Å². The van der Waals surface area contributed by atoms with Crippen LogP contribution in [-0.4, -0.2) is 9.13 Å². The zero-order valence-electron chi connectivity index (χ0n) is 37.8. The number of halogens is 2. The largest absolute Gasteiger partial charge is 0.310 e. The minimum Gasteiger partial charge on any atom is -0.310 e. The van der Waals surface area contributed by atoms with Crippen LogP contribution in [0.5, 0.6) is 0 Å². The van der Waals surface area contributed by atoms with Crippen molar-refractivity contribution in [3.8, 4) is 22.5 Å². The van der Waals surface area contributed by atoms with Crippen LogP contribution in [0.2, 0.25) is 0 Å². The Balaban J connectivity index is 0.911. The molecule has 0 bridgehead atoms. The van der Waals surface area contributed by atoms with Gasteiger partial charge < -0.3 is 18.9 Å². The first-order valence-corrected chi connectivity index (χ1v) is 23.5. The van der Waals surface area contributed by atoms with Crippen molar-refractivity contribution in [2.75, 3.05) is 9.80 Å². The smallest absolute Gasteiger partial charge is 0.123 e. The topological polar surface area (TPSA) is 16.3 Å². The summed E-state index contributed by atoms with van der Waals surface area (Å²) in [7, 11) is 0. The summed E-state index contributed by atoms with van der Waals surface area (Å²) in [5.74, 6) is -0.515. The first-order chi connectivity index (χ1) is 34.6. The maximum Gasteiger partial charge on any atom is 0.123 e. The van der Waals surface area contributed by atoms with Gasteiger partial charge in [0.15, 0.2) is 0 Å². The van der Waals surface area contributed by atoms with Gasteiger partial charge in [-0.1, -0.05) is 115 Å². The molecule has 0 saturated carbocycles. The standard InChI is InChI=1S/C64H42F2N4/c65-44-27-33-49(34-28-44)69-61-22-9-7-17-56(61)58-41-51(37-39-63(58)69)67(46-13-3-1-4-14-46)48-31-25-43(26-32-48)53-19-11-21-55-54(53)20-12-24-60(55)68(47-15-5-2-6-16-47)52-38-40-64-59(42-52)57-18-8-10-23-62(57)70(64)50-35-29-45(66)30-36-50/h1-42H. The van der Waals surface area contributed by atoms with Crippen LogP contribution >= 0.6 is 0 Å². The zero-order valence-corrected chi connectivity index (χ0v) is 37.8. The van der Waals surface area contributed by atoms with E-state index in [0.29, 0.717) is 0 Å². The lowest BCUT2D eigenvalue weighted by atomic mass is 9.96. The average molecular weight is 905 g/mol. The number of para-hydroxylation sites is 4. The third kappa shape index (κ3) is 6.88. The van der Waals surface area contributed by atoms with E-state index in [1.165, 1.54) is 24.3 Å². The molecule has 4 nitrogen and oxygen atoms in total. The molecule has 0 N–H and O–H groups in total. The predicted octanol–water partition coefficient (Wildman–Crippen LogP) is 17.9. The van der Waals surface area contributed by atoms with Crippen molar-refractivity contribution in [1.82, 2.24) is 9.13 Å². The SMILES string of the molecule is Fc1ccc(-n2c3ccccc3c3cc(N(c4ccccc4)c4ccc(-c5cccc6c(N(c7ccccc7)c7ccc8c(c7)c7ccccc7n8-c7ccc(F)cc7)cccc56)cc4)ccc32)cc1. The van der Waals surface area contributed by atoms with E-state index in [1.54, 1.807) is 0 Å². The second-order valence-corrected chi connectivity index (χ2v) is 17.6. The van der Waals surface area contributed by atoms with E-state index in [0.717, 1.165) is 111 Å². The minimum absolute atomic E-state index is 0.257. The monoisotopic (exact) mass is 904 g/mol. The lowest BCUT2D eigenvalue weighted by Crippen LogP contribution is -2.10. The Morgan fingerprint density at radius 2 is 0.686 bits per heavy atom. The van der Waals surface area contributed by atoms with Crippen molar-refractivity contribution in [2.24, 2.45) is 0 Å². The van der Waals surface area contributed by atoms with Crippen molar-refractivity contribution < 1.29 is 8.78 Å². The third-order valence-electron chi connectivity index (χ3n) is 13.6. The fourth-order valence-electron chi connectivity index (χ4n) is 10.5. The van der Waals surface area contributed by atoms with Crippen LogP contribution in [0.3, 0.4) is 0 Å². The third-order valence-corrected chi connectivity index (χ3v) is 13.6. The van der Waals surface area contributed by atoms with Gasteiger partial charge in [-0.3, -0.25) is 0 Å². The molecule has 2 aromatic heterocycles. The summed E-state index contributed by atoms with van der Waals surface area (Å²) < 4.78 is 32.6. The van der Waals surface area contributed by atoms with Gasteiger partial charge in [0.05, 0.1) is 27.8 Å². The Morgan fingerprint density at radius 3 is 1.24 bits per heavy atom. The second-order valence-electron chi connectivity index (χ2n) is 17.6. The van der Waals surface area contributed by atoms with Gasteiger partial charge in [-0.25, -0.2) is 8.78 Å². The first kappa shape index (κ1) is 41.0. The van der Waals surface area contributed by atoms with E-state index in [9.17, 15) is 8.78 Å². The fourth-order valence-corrected chi connectivity index (χ4v) is 10.5. The number of aromatic nitrogens is 2. The summed E-state index contributed by atoms with van der Waals surface area (Å²) in [5.41, 5.74) is 14.5. The second kappa shape index (κ2) is 16.8. The lowest BCUT2D eigenvalue weighted by molar-refractivity contribution is 0.627. The molecule has 0 aliphatic carbocycles. The Hall–Kier alpha value is -9.26. The van der Waals surface area contributed by atoms with Gasteiger partial charge in [-0.15, -0.1) is 0 Å². The van der Waals surface area contributed by atoms with Gasteiger partial charge in [-0.2, -0.15) is 0 Å². The number of rotatable bonds is 9. The highest BCUT2D eigenvalue weighted by Crippen LogP contribution is 2.45. The lowest BCUT2D eigenvalue weighted by Gasteiger charge is -2.27. The number of hydrogen-bond acceptors (Lipinski definition) is 2. The van der Waals surface area contributed by atoms with Crippen LogP contribution in [0.4, 0.5) is 42.9 Å². The van der Waals surface area contributed by atoms with Crippen LogP contribution in [0.1, 0.15) is 0 Å². The predicted molar refractivity (Wildman–Crippen MR) is 287 cm³/mol. The molecule has 6 heteroatoms. The highest BCUT2D eigenvalue weighted by Gasteiger charge is 2.21. The van der Waals surface area contributed by atoms with Gasteiger partial charge >= 0.3 is 0 Å². The van der Waals surface area contributed by atoms with E-state index < -0.39 is 0 Å². The van der Waals surface area contributed by atoms with Crippen LogP contribution in [0.25, 0.3) is 76.9 Å². The van der Waals surface area contributed by atoms with Crippen LogP contribution in [0, 0.1) is 11.6 Å². The zero-order chi connectivity index (χ0) is 46.7. The minimum atomic E-state index is -0.258. The molecule has 0 unspecified atom stereocenters. The molecule has 0 spiro atoms. The van der Waals surface area contributed by atoms with Crippen molar-refractivity contribution in [2.45, 2.75) is 0 Å². The van der Waals surface area contributed by atoms with Crippen LogP contribution in [0.15, 0.2) is 255 Å². The number of hydrogen-bond donors (Lipinski definition) is 0. The van der Waals surface area contributed by atoms with E-state index in [2.05, 4.69) is 219 Å². The quantitative estimate of drug-likeness (QED) is 0.143. The summed E-state index contributed by atoms with van der Waals surface area (Å²) in [6, 6.07) is 86.6. The number of anilines is 6. The molecule has 0 radical (unpaired) electrons. The molecule has 11 aromatic carbocycles. The molecule has 2 heterocycles. The molecular weight excluding hydrogens is 863 g/mol. The van der Waals surface area contributed by atoms with Crippen molar-refractivity contribution in [1.29, 1.82) is 0 Å². The van der Waals surface area contributed by atoms with Crippen molar-refractivity contribution in [3.05, 3.63) is 266 Å². The summed E-state index contributed by atoms with van der Waals surface area (Å²) in [6.45, 7) is 0. The number of nitrogens with zero attached hydrogens (tertiary/aromatic N) is 4. The number of fused-ring (bicyclic) bond motifs is 7. The molecule has 70 heavy (non-hydrogen) atoms. The highest BCUT2D eigenvalue weighted by molar-refractivity contribution is 6.13. The Bertz CT molecular complexity index is 4070. The van der Waals surface area contributed by atoms with Gasteiger partial charge in [0.2, 0.25) is 0 Å². The molecule has 0 saturated heterocycles. The molecule has 0 aliphatic heterocycles. The van der Waals surface area contributed by atoms with Gasteiger partial charge in [-0.05, 0) is 156 Å². The normalized spacial score (nSPS) is 11.6. The molecule has 0 aliphatic rings. The summed E-state index contributed by atoms with van der Waals surface area (Å²) >= 11 is 0. The Morgan fingerprint density at radius 1 is 0.271 bits per heavy atom. The van der Waals surface area contributed by atoms with E-state index in [4.69, 9.17) is 0 Å². The van der Waals surface area contributed by atoms with Gasteiger partial charge in [0, 0.05) is 66.7 Å². The molecule has 332 valence electrons. The molecule has 13 rings (SSSR count). The molecule has 0 amide bonds. The van der Waals surface area contributed by atoms with Gasteiger partial charge in [0.1, 0.15) is 11.6 Å². The molecule has 13 aromatic rings. The molecular formula is C64H42F2N4. The van der Waals surface area contributed by atoms with E-state index >= 15 is 0 Å². The summed E-state index contributed by atoms with van der Waals surface area (Å²) in [4.78, 5) is 4.66. The van der Waals surface area contributed by atoms with Crippen molar-refractivity contribution >= 4 is 88.5 Å². The Labute approximate surface area is 403 Å². The maximum atomic E-state index is 14.1. The highest BCUT2D eigenvalue weighted by atomic mass is 19.1. The Kier molecular flexibility index (Phi) is 9.84. The van der Waals surface area contributed by atoms with Crippen LogP contribution in [-0.2, 0) is 0 Å². The molecule has 0 atom stereocenters. The average Bonchev–Trinajstić information content (AvgIpc) is 3.92. The maximum absolute atomic E-state index is 14.1. The molecule has 0 fully saturated rings. The fraction of sp³-hybridized carbons (Fsp3) is 0. The van der Waals surface area contributed by atoms with Crippen molar-refractivity contribution in [3.63, 3.8) is 0 Å². The van der Waals surface area contributed by atoms with Crippen LogP contribution < -0.4 is 9.80 Å². The van der Waals surface area contributed by atoms with E-state index in [-0.39, 0.29) is 11.6 Å². The first-order valence-electron chi connectivity index (χ1n) is 23.5. The number of benzene rings is 11. The van der Waals surface area contributed by atoms with Gasteiger partial charge in [0.25, 0.3) is 0 Å². The summed E-state index contributed by atoms with van der Waals surface area (Å²) in [5, 5.41) is 6.75. The summed E-state index contributed by atoms with van der Waals surface area (Å²) in [6.07, 6.45) is 0.